The van der Waals surface area contributed by atoms with E-state index in [-0.39, 0.29) is 6.04 Å². The fourth-order valence-corrected chi connectivity index (χ4v) is 5.44. The highest BCUT2D eigenvalue weighted by Gasteiger charge is 2.26. The molecule has 0 bridgehead atoms. The molecule has 2 fully saturated rings. The molecule has 3 aromatic heterocycles. The fourth-order valence-electron chi connectivity index (χ4n) is 5.29. The summed E-state index contributed by atoms with van der Waals surface area (Å²) in [5.74, 6) is 0.997. The largest absolute Gasteiger partial charge is 0.356 e. The van der Waals surface area contributed by atoms with E-state index < -0.39 is 11.1 Å². The van der Waals surface area contributed by atoms with Crippen molar-refractivity contribution in [2.75, 3.05) is 51.2 Å². The summed E-state index contributed by atoms with van der Waals surface area (Å²) in [4.78, 5) is 41.9. The van der Waals surface area contributed by atoms with Crippen molar-refractivity contribution in [1.29, 1.82) is 0 Å². The summed E-state index contributed by atoms with van der Waals surface area (Å²) < 4.78 is 2.91. The van der Waals surface area contributed by atoms with Gasteiger partial charge in [-0.2, -0.15) is 0 Å². The average Bonchev–Trinajstić information content (AvgIpc) is 2.85. The Kier molecular flexibility index (Phi) is 6.65. The molecule has 5 rings (SSSR count). The topological polar surface area (TPSA) is 79.5 Å². The zero-order valence-electron chi connectivity index (χ0n) is 20.6. The fraction of sp³-hybridized carbons (Fsp3) is 0.520. The van der Waals surface area contributed by atoms with E-state index in [9.17, 15) is 9.59 Å². The van der Waals surface area contributed by atoms with Crippen LogP contribution < -0.4 is 16.0 Å². The van der Waals surface area contributed by atoms with Crippen LogP contribution in [0.3, 0.4) is 0 Å². The van der Waals surface area contributed by atoms with Crippen molar-refractivity contribution in [3.05, 3.63) is 61.4 Å². The first-order chi connectivity index (χ1) is 16.8. The van der Waals surface area contributed by atoms with Crippen molar-refractivity contribution in [2.45, 2.75) is 32.4 Å². The van der Waals surface area contributed by atoms with Gasteiger partial charge in [0.15, 0.2) is 5.65 Å². The third kappa shape index (κ3) is 4.72. The molecule has 0 amide bonds. The second-order valence-electron chi connectivity index (χ2n) is 9.82. The lowest BCUT2D eigenvalue weighted by Gasteiger charge is -2.35. The van der Waals surface area contributed by atoms with Crippen molar-refractivity contribution in [3.63, 3.8) is 0 Å². The molecule has 5 heterocycles. The molecule has 0 N–H and O–H groups in total. The minimum atomic E-state index is -0.558. The Balaban J connectivity index is 1.32. The minimum absolute atomic E-state index is 0.0966. The molecular weight excluding hydrogens is 466 g/mol. The Morgan fingerprint density at radius 2 is 1.66 bits per heavy atom. The van der Waals surface area contributed by atoms with Gasteiger partial charge in [0.1, 0.15) is 5.82 Å². The van der Waals surface area contributed by atoms with Gasteiger partial charge in [0, 0.05) is 71.3 Å². The maximum Gasteiger partial charge on any atom is 0.318 e. The van der Waals surface area contributed by atoms with Gasteiger partial charge in [0.2, 0.25) is 0 Å². The number of pyridine rings is 2. The molecule has 35 heavy (non-hydrogen) atoms. The standard InChI is InChI=1S/C25H32ClN7O2/c1-17-12-18(16-31-10-8-29(2)9-11-31)14-27-22(17)32-6-4-20(5-7-32)33-23-21(13-19(26)15-28-23)30(3)24(34)25(33)35/h12-15,20H,4-11,16H2,1-3H3. The molecule has 2 saturated heterocycles. The number of nitrogens with zero attached hydrogens (tertiary/aromatic N) is 7. The van der Waals surface area contributed by atoms with Gasteiger partial charge in [-0.25, -0.2) is 9.97 Å². The second-order valence-corrected chi connectivity index (χ2v) is 10.3. The number of rotatable bonds is 4. The van der Waals surface area contributed by atoms with Crippen molar-refractivity contribution in [1.82, 2.24) is 28.9 Å². The quantitative estimate of drug-likeness (QED) is 0.510. The van der Waals surface area contributed by atoms with Gasteiger partial charge < -0.3 is 14.4 Å². The lowest BCUT2D eigenvalue weighted by Crippen LogP contribution is -2.45. The molecule has 0 aromatic carbocycles. The van der Waals surface area contributed by atoms with Gasteiger partial charge in [-0.1, -0.05) is 11.6 Å². The molecule has 0 saturated carbocycles. The normalized spacial score (nSPS) is 18.5. The number of likely N-dealkylation sites (N-methyl/N-ethyl adjacent to an activating group) is 1. The van der Waals surface area contributed by atoms with E-state index in [1.807, 2.05) is 6.20 Å². The average molecular weight is 498 g/mol. The summed E-state index contributed by atoms with van der Waals surface area (Å²) in [6, 6.07) is 3.84. The molecule has 2 aliphatic rings. The van der Waals surface area contributed by atoms with Gasteiger partial charge in [-0.3, -0.25) is 19.1 Å². The lowest BCUT2D eigenvalue weighted by atomic mass is 10.0. The highest BCUT2D eigenvalue weighted by Crippen LogP contribution is 2.28. The molecular formula is C25H32ClN7O2. The summed E-state index contributed by atoms with van der Waals surface area (Å²) >= 11 is 6.11. The molecule has 0 spiro atoms. The van der Waals surface area contributed by atoms with E-state index >= 15 is 0 Å². The Labute approximate surface area is 209 Å². The van der Waals surface area contributed by atoms with Gasteiger partial charge in [-0.05, 0) is 50.1 Å². The van der Waals surface area contributed by atoms with Crippen LogP contribution in [-0.2, 0) is 13.6 Å². The molecule has 10 heteroatoms. The van der Waals surface area contributed by atoms with Crippen LogP contribution in [0.25, 0.3) is 11.2 Å². The van der Waals surface area contributed by atoms with E-state index in [1.165, 1.54) is 21.9 Å². The summed E-state index contributed by atoms with van der Waals surface area (Å²) in [5.41, 5.74) is 2.39. The van der Waals surface area contributed by atoms with Gasteiger partial charge >= 0.3 is 11.1 Å². The van der Waals surface area contributed by atoms with Crippen LogP contribution in [0.4, 0.5) is 5.82 Å². The number of hydrogen-bond donors (Lipinski definition) is 0. The number of halogens is 1. The monoisotopic (exact) mass is 497 g/mol. The van der Waals surface area contributed by atoms with Crippen LogP contribution in [0.1, 0.15) is 30.0 Å². The van der Waals surface area contributed by atoms with Crippen molar-refractivity contribution >= 4 is 28.6 Å². The number of aryl methyl sites for hydroxylation is 2. The van der Waals surface area contributed by atoms with Crippen molar-refractivity contribution < 1.29 is 0 Å². The number of piperidine rings is 1. The minimum Gasteiger partial charge on any atom is -0.356 e. The van der Waals surface area contributed by atoms with Gasteiger partial charge in [0.05, 0.1) is 10.5 Å². The van der Waals surface area contributed by atoms with Crippen LogP contribution in [0.2, 0.25) is 5.02 Å². The molecule has 0 aliphatic carbocycles. The number of hydrogen-bond acceptors (Lipinski definition) is 7. The maximum absolute atomic E-state index is 12.9. The smallest absolute Gasteiger partial charge is 0.318 e. The van der Waals surface area contributed by atoms with Crippen molar-refractivity contribution in [2.24, 2.45) is 7.05 Å². The molecule has 0 atom stereocenters. The van der Waals surface area contributed by atoms with Crippen LogP contribution in [0.5, 0.6) is 0 Å². The first-order valence-corrected chi connectivity index (χ1v) is 12.6. The van der Waals surface area contributed by atoms with Gasteiger partial charge in [0.25, 0.3) is 0 Å². The van der Waals surface area contributed by atoms with Crippen LogP contribution in [-0.4, -0.2) is 75.2 Å². The van der Waals surface area contributed by atoms with E-state index in [4.69, 9.17) is 16.6 Å². The Morgan fingerprint density at radius 1 is 0.943 bits per heavy atom. The molecule has 2 aliphatic heterocycles. The highest BCUT2D eigenvalue weighted by atomic mass is 35.5. The predicted octanol–water partition coefficient (Wildman–Crippen LogP) is 2.04. The molecule has 0 unspecified atom stereocenters. The van der Waals surface area contributed by atoms with E-state index in [2.05, 4.69) is 39.7 Å². The third-order valence-corrected chi connectivity index (χ3v) is 7.56. The summed E-state index contributed by atoms with van der Waals surface area (Å²) in [6.45, 7) is 8.95. The second kappa shape index (κ2) is 9.72. The third-order valence-electron chi connectivity index (χ3n) is 7.35. The SMILES string of the molecule is Cc1cc(CN2CCN(C)CC2)cnc1N1CCC(n2c(=O)c(=O)n(C)c3cc(Cl)cnc32)CC1. The summed E-state index contributed by atoms with van der Waals surface area (Å²) in [5, 5.41) is 0.435. The van der Waals surface area contributed by atoms with Crippen LogP contribution >= 0.6 is 11.6 Å². The Morgan fingerprint density at radius 3 is 2.34 bits per heavy atom. The van der Waals surface area contributed by atoms with Crippen molar-refractivity contribution in [3.8, 4) is 0 Å². The number of aromatic nitrogens is 4. The zero-order valence-corrected chi connectivity index (χ0v) is 21.3. The molecule has 0 radical (unpaired) electrons. The summed E-state index contributed by atoms with van der Waals surface area (Å²) in [7, 11) is 3.75. The highest BCUT2D eigenvalue weighted by molar-refractivity contribution is 6.31. The molecule has 186 valence electrons. The van der Waals surface area contributed by atoms with Crippen LogP contribution in [0, 0.1) is 6.92 Å². The first-order valence-electron chi connectivity index (χ1n) is 12.2. The molecule has 9 nitrogen and oxygen atoms in total. The van der Waals surface area contributed by atoms with E-state index in [0.29, 0.717) is 16.2 Å². The predicted molar refractivity (Wildman–Crippen MR) is 138 cm³/mol. The Hall–Kier alpha value is -2.75. The Bertz CT molecular complexity index is 1350. The number of anilines is 1. The number of fused-ring (bicyclic) bond motifs is 1. The van der Waals surface area contributed by atoms with Gasteiger partial charge in [-0.15, -0.1) is 0 Å². The number of piperazine rings is 1. The maximum atomic E-state index is 12.9. The summed E-state index contributed by atoms with van der Waals surface area (Å²) in [6.07, 6.45) is 4.99. The van der Waals surface area contributed by atoms with E-state index in [0.717, 1.165) is 64.5 Å². The molecule has 3 aromatic rings. The first kappa shape index (κ1) is 24.0. The van der Waals surface area contributed by atoms with E-state index in [1.54, 1.807) is 17.7 Å². The van der Waals surface area contributed by atoms with Crippen LogP contribution in [0.15, 0.2) is 34.1 Å². The lowest BCUT2D eigenvalue weighted by molar-refractivity contribution is 0.148. The zero-order chi connectivity index (χ0) is 24.7.